The Morgan fingerprint density at radius 3 is 1.44 bits per heavy atom. The minimum atomic E-state index is -3.29. The summed E-state index contributed by atoms with van der Waals surface area (Å²) in [5.41, 5.74) is 10.5. The third kappa shape index (κ3) is 9.23. The predicted octanol–water partition coefficient (Wildman–Crippen LogP) is 5.83. The van der Waals surface area contributed by atoms with Crippen LogP contribution in [0.15, 0.2) is 115 Å². The second-order valence-corrected chi connectivity index (χ2v) is 18.6. The van der Waals surface area contributed by atoms with Crippen molar-refractivity contribution >= 4 is 72.1 Å². The van der Waals surface area contributed by atoms with Gasteiger partial charge in [-0.1, -0.05) is 23.5 Å². The second kappa shape index (κ2) is 16.1. The molecule has 0 fully saturated rings. The van der Waals surface area contributed by atoms with Crippen LogP contribution < -0.4 is 5.73 Å². The number of benzene rings is 2. The predicted molar refractivity (Wildman–Crippen MR) is 208 cm³/mol. The number of carbonyl (C=O) groups excluding carboxylic acids is 1. The number of pyridine rings is 2. The van der Waals surface area contributed by atoms with E-state index in [4.69, 9.17) is 5.73 Å². The highest BCUT2D eigenvalue weighted by molar-refractivity contribution is 7.99. The van der Waals surface area contributed by atoms with Crippen LogP contribution in [0.2, 0.25) is 0 Å². The molecule has 1 amide bonds. The standard InChI is InChI=1S/C19H18N2O5S2.C19H16N2O4S2/c1-11-15(9-17(22)23)16-8-3-12(18(20)24)10-21(16)19(11)27-13-4-6-14(7-5-13)28(2,25)26;1-12-16(9-18(22)23)17-8-3-13(10-20)11-21(17)19(12)26-14-4-6-15(7-5-14)27(2,24)25/h3-8,10H,9H2,1-2H3,(H2,20,24)(H,22,23);3-8,11H,9H2,1-2H3,(H,22,23). The van der Waals surface area contributed by atoms with Crippen LogP contribution in [0.5, 0.6) is 0 Å². The molecule has 0 aliphatic carbocycles. The summed E-state index contributed by atoms with van der Waals surface area (Å²) >= 11 is 2.75. The van der Waals surface area contributed by atoms with Gasteiger partial charge in [0.25, 0.3) is 0 Å². The van der Waals surface area contributed by atoms with E-state index in [9.17, 15) is 46.7 Å². The van der Waals surface area contributed by atoms with Crippen molar-refractivity contribution in [1.29, 1.82) is 5.26 Å². The van der Waals surface area contributed by atoms with Gasteiger partial charge in [0.2, 0.25) is 5.91 Å². The van der Waals surface area contributed by atoms with Crippen LogP contribution in [0.25, 0.3) is 11.0 Å². The number of nitriles is 1. The van der Waals surface area contributed by atoms with E-state index < -0.39 is 37.5 Å². The summed E-state index contributed by atoms with van der Waals surface area (Å²) in [5.74, 6) is -2.46. The summed E-state index contributed by atoms with van der Waals surface area (Å²) in [6.07, 6.45) is 5.29. The number of fused-ring (bicyclic) bond motifs is 2. The molecular formula is C38H34N4O9S4. The van der Waals surface area contributed by atoms with Crippen LogP contribution in [-0.4, -0.2) is 66.2 Å². The Labute approximate surface area is 325 Å². The molecule has 0 radical (unpaired) electrons. The number of hydrogen-bond acceptors (Lipinski definition) is 10. The highest BCUT2D eigenvalue weighted by Crippen LogP contribution is 2.38. The number of carbonyl (C=O) groups is 3. The molecule has 0 spiro atoms. The van der Waals surface area contributed by atoms with Crippen molar-refractivity contribution in [1.82, 2.24) is 8.80 Å². The molecule has 0 saturated heterocycles. The van der Waals surface area contributed by atoms with Crippen molar-refractivity contribution < 1.29 is 41.4 Å². The maximum atomic E-state index is 11.6. The van der Waals surface area contributed by atoms with E-state index in [1.165, 1.54) is 35.7 Å². The number of primary amides is 1. The molecule has 6 rings (SSSR count). The van der Waals surface area contributed by atoms with Gasteiger partial charge < -0.3 is 24.7 Å². The van der Waals surface area contributed by atoms with E-state index in [0.717, 1.165) is 49.0 Å². The Hall–Kier alpha value is -5.54. The first kappa shape index (κ1) is 40.6. The molecule has 0 aliphatic heterocycles. The van der Waals surface area contributed by atoms with Crippen LogP contribution in [0.1, 0.15) is 38.2 Å². The smallest absolute Gasteiger partial charge is 0.307 e. The van der Waals surface area contributed by atoms with Gasteiger partial charge in [0.15, 0.2) is 19.7 Å². The number of aromatic nitrogens is 2. The van der Waals surface area contributed by atoms with Gasteiger partial charge >= 0.3 is 11.9 Å². The third-order valence-electron chi connectivity index (χ3n) is 8.50. The van der Waals surface area contributed by atoms with E-state index in [2.05, 4.69) is 6.07 Å². The summed E-state index contributed by atoms with van der Waals surface area (Å²) in [5, 5.41) is 29.2. The number of carboxylic acids is 2. The van der Waals surface area contributed by atoms with Crippen molar-refractivity contribution in [2.45, 2.75) is 56.3 Å². The van der Waals surface area contributed by atoms with Crippen molar-refractivity contribution in [2.24, 2.45) is 5.73 Å². The van der Waals surface area contributed by atoms with Gasteiger partial charge in [0, 0.05) is 34.7 Å². The first-order valence-corrected chi connectivity index (χ1v) is 21.6. The zero-order valence-corrected chi connectivity index (χ0v) is 33.1. The number of nitrogens with two attached hydrogens (primary N) is 1. The summed E-state index contributed by atoms with van der Waals surface area (Å²) in [6.45, 7) is 3.67. The zero-order chi connectivity index (χ0) is 40.4. The van der Waals surface area contributed by atoms with Gasteiger partial charge in [-0.15, -0.1) is 0 Å². The monoisotopic (exact) mass is 818 g/mol. The fourth-order valence-corrected chi connectivity index (χ4v) is 9.08. The van der Waals surface area contributed by atoms with Crippen molar-refractivity contribution in [2.75, 3.05) is 12.5 Å². The van der Waals surface area contributed by atoms with Crippen LogP contribution in [0.4, 0.5) is 0 Å². The molecular weight excluding hydrogens is 785 g/mol. The molecule has 13 nitrogen and oxygen atoms in total. The van der Waals surface area contributed by atoms with Gasteiger partial charge in [-0.25, -0.2) is 16.8 Å². The molecule has 284 valence electrons. The largest absolute Gasteiger partial charge is 0.481 e. The molecule has 0 bridgehead atoms. The fourth-order valence-electron chi connectivity index (χ4n) is 5.78. The van der Waals surface area contributed by atoms with Crippen LogP contribution in [-0.2, 0) is 42.1 Å². The lowest BCUT2D eigenvalue weighted by Gasteiger charge is -2.06. The molecule has 4 heterocycles. The van der Waals surface area contributed by atoms with E-state index in [1.54, 1.807) is 77.5 Å². The summed E-state index contributed by atoms with van der Waals surface area (Å²) in [6, 6.07) is 21.7. The van der Waals surface area contributed by atoms with Crippen molar-refractivity contribution in [3.8, 4) is 6.07 Å². The lowest BCUT2D eigenvalue weighted by Crippen LogP contribution is -2.11. The second-order valence-electron chi connectivity index (χ2n) is 12.5. The molecule has 4 N–H and O–H groups in total. The molecule has 2 aromatic carbocycles. The molecule has 6 aromatic rings. The highest BCUT2D eigenvalue weighted by Gasteiger charge is 2.21. The van der Waals surface area contributed by atoms with E-state index >= 15 is 0 Å². The average molecular weight is 819 g/mol. The normalized spacial score (nSPS) is 11.5. The van der Waals surface area contributed by atoms with Crippen molar-refractivity contribution in [3.05, 3.63) is 119 Å². The van der Waals surface area contributed by atoms with Gasteiger partial charge in [-0.2, -0.15) is 5.26 Å². The van der Waals surface area contributed by atoms with E-state index in [0.29, 0.717) is 27.8 Å². The van der Waals surface area contributed by atoms with Gasteiger partial charge in [0.1, 0.15) is 6.07 Å². The lowest BCUT2D eigenvalue weighted by atomic mass is 10.1. The molecule has 0 aliphatic rings. The molecule has 4 aromatic heterocycles. The molecule has 0 unspecified atom stereocenters. The summed E-state index contributed by atoms with van der Waals surface area (Å²) < 4.78 is 50.1. The van der Waals surface area contributed by atoms with E-state index in [1.807, 2.05) is 18.2 Å². The SMILES string of the molecule is Cc1c(CC(=O)O)c2ccc(C#N)cn2c1Sc1ccc(S(C)(=O)=O)cc1.Cc1c(CC(=O)O)c2ccc(C(N)=O)cn2c1Sc1ccc(S(C)(=O)=O)cc1. The van der Waals surface area contributed by atoms with Crippen LogP contribution in [0, 0.1) is 25.2 Å². The van der Waals surface area contributed by atoms with Crippen LogP contribution in [0.3, 0.4) is 0 Å². The highest BCUT2D eigenvalue weighted by atomic mass is 32.2. The first-order chi connectivity index (χ1) is 25.8. The quantitative estimate of drug-likeness (QED) is 0.141. The fraction of sp³-hybridized carbons (Fsp3) is 0.158. The van der Waals surface area contributed by atoms with E-state index in [-0.39, 0.29) is 22.6 Å². The van der Waals surface area contributed by atoms with Crippen molar-refractivity contribution in [3.63, 3.8) is 0 Å². The number of aliphatic carboxylic acids is 2. The Balaban J connectivity index is 0.000000211. The Morgan fingerprint density at radius 2 is 1.07 bits per heavy atom. The first-order valence-electron chi connectivity index (χ1n) is 16.1. The molecule has 55 heavy (non-hydrogen) atoms. The zero-order valence-electron chi connectivity index (χ0n) is 29.8. The minimum absolute atomic E-state index is 0.116. The van der Waals surface area contributed by atoms with Crippen LogP contribution >= 0.6 is 23.5 Å². The topological polar surface area (TPSA) is 219 Å². The average Bonchev–Trinajstić information content (AvgIpc) is 3.51. The summed E-state index contributed by atoms with van der Waals surface area (Å²) in [7, 11) is -6.56. The number of hydrogen-bond donors (Lipinski definition) is 3. The number of rotatable bonds is 11. The van der Waals surface area contributed by atoms with Gasteiger partial charge in [-0.3, -0.25) is 14.4 Å². The number of amides is 1. The number of carboxylic acid groups (broad SMARTS) is 2. The maximum Gasteiger partial charge on any atom is 0.307 e. The molecule has 0 saturated carbocycles. The Bertz CT molecular complexity index is 2770. The Kier molecular flexibility index (Phi) is 11.9. The summed E-state index contributed by atoms with van der Waals surface area (Å²) in [4.78, 5) is 36.2. The Morgan fingerprint density at radius 1 is 0.673 bits per heavy atom. The molecule has 0 atom stereocenters. The minimum Gasteiger partial charge on any atom is -0.481 e. The third-order valence-corrected chi connectivity index (χ3v) is 13.2. The number of sulfone groups is 2. The number of nitrogens with zero attached hydrogens (tertiary/aromatic N) is 3. The maximum absolute atomic E-state index is 11.6. The van der Waals surface area contributed by atoms with Gasteiger partial charge in [-0.05, 0) is 109 Å². The molecule has 17 heteroatoms. The van der Waals surface area contributed by atoms with Gasteiger partial charge in [0.05, 0.1) is 54.8 Å². The lowest BCUT2D eigenvalue weighted by molar-refractivity contribution is -0.137.